The van der Waals surface area contributed by atoms with Crippen LogP contribution in [0.2, 0.25) is 0 Å². The largest absolute Gasteiger partial charge is 0.471 e. The first-order valence-corrected chi connectivity index (χ1v) is 4.26. The Morgan fingerprint density at radius 3 is 2.54 bits per heavy atom. The molecule has 1 aromatic rings. The summed E-state index contributed by atoms with van der Waals surface area (Å²) in [5.41, 5.74) is 2.19. The molecule has 0 N–H and O–H groups in total. The molecule has 0 radical (unpaired) electrons. The summed E-state index contributed by atoms with van der Waals surface area (Å²) in [6.07, 6.45) is 0. The van der Waals surface area contributed by atoms with E-state index in [2.05, 4.69) is 5.16 Å². The zero-order valence-electron chi connectivity index (χ0n) is 7.49. The first kappa shape index (κ1) is 8.10. The first-order valence-electron chi connectivity index (χ1n) is 4.26. The van der Waals surface area contributed by atoms with E-state index >= 15 is 0 Å². The molecule has 0 aliphatic carbocycles. The van der Waals surface area contributed by atoms with Crippen LogP contribution in [0.4, 0.5) is 0 Å². The highest BCUT2D eigenvalue weighted by Gasteiger charge is 2.09. The Hall–Kier alpha value is -1.51. The average molecular weight is 177 g/mol. The number of nitrogens with zero attached hydrogens (tertiary/aromatic N) is 1. The third kappa shape index (κ3) is 1.80. The molecule has 3 nitrogen and oxygen atoms in total. The second kappa shape index (κ2) is 3.47. The molecule has 0 amide bonds. The van der Waals surface area contributed by atoms with Crippen LogP contribution in [0.5, 0.6) is 0 Å². The number of ether oxygens (including phenoxy) is 1. The third-order valence-electron chi connectivity index (χ3n) is 1.86. The van der Waals surface area contributed by atoms with Crippen molar-refractivity contribution in [2.24, 2.45) is 5.16 Å². The van der Waals surface area contributed by atoms with Gasteiger partial charge in [0.1, 0.15) is 6.61 Å². The highest BCUT2D eigenvalue weighted by Crippen LogP contribution is 2.08. The number of hydrogen-bond donors (Lipinski definition) is 0. The number of aryl methyl sites for hydroxylation is 1. The van der Waals surface area contributed by atoms with Gasteiger partial charge < -0.3 is 9.57 Å². The molecule has 0 bridgehead atoms. The van der Waals surface area contributed by atoms with Crippen LogP contribution in [0.25, 0.3) is 0 Å². The third-order valence-corrected chi connectivity index (χ3v) is 1.86. The van der Waals surface area contributed by atoms with Crippen LogP contribution >= 0.6 is 0 Å². The van der Waals surface area contributed by atoms with Gasteiger partial charge in [0.2, 0.25) is 0 Å². The van der Waals surface area contributed by atoms with Gasteiger partial charge in [0.15, 0.2) is 6.61 Å². The maximum atomic E-state index is 5.33. The van der Waals surface area contributed by atoms with Crippen LogP contribution in [0.15, 0.2) is 29.4 Å². The van der Waals surface area contributed by atoms with E-state index in [0.29, 0.717) is 19.1 Å². The number of oxime groups is 1. The van der Waals surface area contributed by atoms with E-state index in [1.165, 1.54) is 5.56 Å². The molecule has 1 aliphatic heterocycles. The molecule has 0 saturated carbocycles. The fourth-order valence-corrected chi connectivity index (χ4v) is 1.14. The maximum absolute atomic E-state index is 5.33. The van der Waals surface area contributed by atoms with Crippen molar-refractivity contribution in [3.05, 3.63) is 35.4 Å². The van der Waals surface area contributed by atoms with E-state index in [4.69, 9.17) is 9.57 Å². The Bertz CT molecular complexity index is 316. The molecule has 0 aromatic heterocycles. The monoisotopic (exact) mass is 177 g/mol. The van der Waals surface area contributed by atoms with Crippen molar-refractivity contribution in [1.82, 2.24) is 0 Å². The normalized spacial score (nSPS) is 15.6. The summed E-state index contributed by atoms with van der Waals surface area (Å²) in [5.74, 6) is 0.575. The van der Waals surface area contributed by atoms with Crippen LogP contribution in [0.3, 0.4) is 0 Å². The number of rotatable bonds is 1. The second-order valence-corrected chi connectivity index (χ2v) is 2.94. The van der Waals surface area contributed by atoms with Gasteiger partial charge in [0.05, 0.1) is 0 Å². The van der Waals surface area contributed by atoms with E-state index in [1.807, 2.05) is 31.2 Å². The van der Waals surface area contributed by atoms with Crippen molar-refractivity contribution in [2.45, 2.75) is 6.92 Å². The minimum absolute atomic E-state index is 0.537. The van der Waals surface area contributed by atoms with Crippen molar-refractivity contribution in [3.63, 3.8) is 0 Å². The Labute approximate surface area is 77.0 Å². The molecule has 0 atom stereocenters. The fourth-order valence-electron chi connectivity index (χ4n) is 1.14. The Kier molecular flexibility index (Phi) is 2.17. The predicted molar refractivity (Wildman–Crippen MR) is 49.6 cm³/mol. The maximum Gasteiger partial charge on any atom is 0.257 e. The summed E-state index contributed by atoms with van der Waals surface area (Å²) >= 11 is 0. The van der Waals surface area contributed by atoms with Crippen molar-refractivity contribution in [3.8, 4) is 0 Å². The fraction of sp³-hybridized carbons (Fsp3) is 0.300. The molecule has 3 heteroatoms. The molecule has 0 saturated heterocycles. The average Bonchev–Trinajstić information content (AvgIpc) is 2.20. The van der Waals surface area contributed by atoms with E-state index in [0.717, 1.165) is 5.56 Å². The first-order chi connectivity index (χ1) is 6.36. The molecule has 0 unspecified atom stereocenters. The van der Waals surface area contributed by atoms with Gasteiger partial charge >= 0.3 is 0 Å². The van der Waals surface area contributed by atoms with Gasteiger partial charge in [0, 0.05) is 5.56 Å². The number of hydrogen-bond acceptors (Lipinski definition) is 3. The van der Waals surface area contributed by atoms with Gasteiger partial charge in [-0.2, -0.15) is 0 Å². The molecular formula is C10H11NO2. The quantitative estimate of drug-likeness (QED) is 0.653. The lowest BCUT2D eigenvalue weighted by Gasteiger charge is -2.13. The van der Waals surface area contributed by atoms with Crippen LogP contribution in [0.1, 0.15) is 11.1 Å². The van der Waals surface area contributed by atoms with E-state index in [9.17, 15) is 0 Å². The molecule has 1 heterocycles. The van der Waals surface area contributed by atoms with Gasteiger partial charge in [-0.1, -0.05) is 17.7 Å². The van der Waals surface area contributed by atoms with Crippen LogP contribution in [0, 0.1) is 6.92 Å². The SMILES string of the molecule is Cc1ccc(C2=NOCCO2)cc1. The zero-order chi connectivity index (χ0) is 9.10. The highest BCUT2D eigenvalue weighted by molar-refractivity contribution is 5.93. The summed E-state index contributed by atoms with van der Waals surface area (Å²) < 4.78 is 5.33. The molecule has 2 rings (SSSR count). The Balaban J connectivity index is 2.24. The summed E-state index contributed by atoms with van der Waals surface area (Å²) in [5, 5.41) is 3.82. The second-order valence-electron chi connectivity index (χ2n) is 2.94. The van der Waals surface area contributed by atoms with Crippen molar-refractivity contribution in [1.29, 1.82) is 0 Å². The van der Waals surface area contributed by atoms with Gasteiger partial charge in [-0.05, 0) is 24.2 Å². The summed E-state index contributed by atoms with van der Waals surface area (Å²) in [7, 11) is 0. The van der Waals surface area contributed by atoms with Crippen molar-refractivity contribution < 1.29 is 9.57 Å². The van der Waals surface area contributed by atoms with Crippen LogP contribution < -0.4 is 0 Å². The van der Waals surface area contributed by atoms with Gasteiger partial charge in [-0.15, -0.1) is 0 Å². The van der Waals surface area contributed by atoms with Gasteiger partial charge in [-0.25, -0.2) is 0 Å². The molecule has 0 fully saturated rings. The minimum atomic E-state index is 0.537. The number of benzene rings is 1. The van der Waals surface area contributed by atoms with E-state index < -0.39 is 0 Å². The minimum Gasteiger partial charge on any atom is -0.471 e. The highest BCUT2D eigenvalue weighted by atomic mass is 16.7. The molecule has 0 spiro atoms. The summed E-state index contributed by atoms with van der Waals surface area (Å²) in [6.45, 7) is 3.16. The van der Waals surface area contributed by atoms with Gasteiger partial charge in [-0.3, -0.25) is 0 Å². The van der Waals surface area contributed by atoms with E-state index in [1.54, 1.807) is 0 Å². The molecular weight excluding hydrogens is 166 g/mol. The van der Waals surface area contributed by atoms with Gasteiger partial charge in [0.25, 0.3) is 5.90 Å². The standard InChI is InChI=1S/C10H11NO2/c1-8-2-4-9(5-3-8)10-11-13-7-6-12-10/h2-5H,6-7H2,1H3. The van der Waals surface area contributed by atoms with Crippen molar-refractivity contribution >= 4 is 5.90 Å². The molecule has 13 heavy (non-hydrogen) atoms. The lowest BCUT2D eigenvalue weighted by molar-refractivity contribution is 0.0655. The smallest absolute Gasteiger partial charge is 0.257 e. The lowest BCUT2D eigenvalue weighted by Crippen LogP contribution is -2.16. The predicted octanol–water partition coefficient (Wildman–Crippen LogP) is 1.70. The van der Waals surface area contributed by atoms with Crippen LogP contribution in [-0.2, 0) is 9.57 Å². The Morgan fingerprint density at radius 2 is 1.92 bits per heavy atom. The lowest BCUT2D eigenvalue weighted by atomic mass is 10.1. The van der Waals surface area contributed by atoms with Crippen LogP contribution in [-0.4, -0.2) is 19.1 Å². The zero-order valence-corrected chi connectivity index (χ0v) is 7.49. The van der Waals surface area contributed by atoms with Crippen molar-refractivity contribution in [2.75, 3.05) is 13.2 Å². The topological polar surface area (TPSA) is 30.8 Å². The molecule has 1 aliphatic rings. The summed E-state index contributed by atoms with van der Waals surface area (Å²) in [4.78, 5) is 4.93. The van der Waals surface area contributed by atoms with E-state index in [-0.39, 0.29) is 0 Å². The summed E-state index contributed by atoms with van der Waals surface area (Å²) in [6, 6.07) is 8.00. The Morgan fingerprint density at radius 1 is 1.15 bits per heavy atom. The molecule has 68 valence electrons. The molecule has 1 aromatic carbocycles.